The number of hydrogen-bond donors (Lipinski definition) is 2. The average Bonchev–Trinajstić information content (AvgIpc) is 3.23. The third kappa shape index (κ3) is 5.35. The lowest BCUT2D eigenvalue weighted by atomic mass is 9.88. The number of nitrogens with two attached hydrogens (primary N) is 1. The highest BCUT2D eigenvalue weighted by Gasteiger charge is 2.26. The van der Waals surface area contributed by atoms with Crippen LogP contribution in [0.15, 0.2) is 48.7 Å². The monoisotopic (exact) mass is 471 g/mol. The summed E-state index contributed by atoms with van der Waals surface area (Å²) in [7, 11) is 0. The molecule has 0 atom stereocenters. The minimum absolute atomic E-state index is 0.0237. The zero-order chi connectivity index (χ0) is 24.4. The van der Waals surface area contributed by atoms with Crippen molar-refractivity contribution in [1.29, 1.82) is 0 Å². The lowest BCUT2D eigenvalue weighted by molar-refractivity contribution is -0.121. The van der Waals surface area contributed by atoms with Crippen LogP contribution in [0.25, 0.3) is 22.0 Å². The third-order valence-corrected chi connectivity index (χ3v) is 7.92. The minimum Gasteiger partial charge on any atom is -0.353 e. The molecule has 5 nitrogen and oxygen atoms in total. The quantitative estimate of drug-likeness (QED) is 0.496. The van der Waals surface area contributed by atoms with Crippen LogP contribution in [0.4, 0.5) is 0 Å². The Morgan fingerprint density at radius 1 is 0.943 bits per heavy atom. The van der Waals surface area contributed by atoms with E-state index in [2.05, 4.69) is 54.7 Å². The van der Waals surface area contributed by atoms with E-state index in [1.54, 1.807) is 0 Å². The van der Waals surface area contributed by atoms with E-state index in [0.717, 1.165) is 79.0 Å². The Kier molecular flexibility index (Phi) is 7.05. The van der Waals surface area contributed by atoms with Crippen molar-refractivity contribution in [3.05, 3.63) is 59.8 Å². The summed E-state index contributed by atoms with van der Waals surface area (Å²) in [6, 6.07) is 15.2. The van der Waals surface area contributed by atoms with E-state index in [1.807, 2.05) is 10.8 Å². The SMILES string of the molecule is Cc1cccc(-c2ccc3c(c2)c(CC(=O)NC2CCC(N)CC2)cn3C(=O)C2CCCCC2)c1. The van der Waals surface area contributed by atoms with Gasteiger partial charge in [0.15, 0.2) is 0 Å². The van der Waals surface area contributed by atoms with Gasteiger partial charge in [0.2, 0.25) is 11.8 Å². The lowest BCUT2D eigenvalue weighted by Crippen LogP contribution is -2.41. The highest BCUT2D eigenvalue weighted by molar-refractivity contribution is 5.99. The molecular weight excluding hydrogens is 434 g/mol. The van der Waals surface area contributed by atoms with Gasteiger partial charge in [0.25, 0.3) is 0 Å². The molecule has 5 rings (SSSR count). The van der Waals surface area contributed by atoms with Gasteiger partial charge in [0, 0.05) is 29.6 Å². The van der Waals surface area contributed by atoms with Crippen molar-refractivity contribution in [2.24, 2.45) is 11.7 Å². The molecule has 2 aliphatic rings. The first-order valence-corrected chi connectivity index (χ1v) is 13.3. The molecule has 0 bridgehead atoms. The van der Waals surface area contributed by atoms with Gasteiger partial charge in [-0.1, -0.05) is 55.2 Å². The number of hydrogen-bond acceptors (Lipinski definition) is 3. The Morgan fingerprint density at radius 3 is 2.43 bits per heavy atom. The summed E-state index contributed by atoms with van der Waals surface area (Å²) in [5.74, 6) is 0.269. The summed E-state index contributed by atoms with van der Waals surface area (Å²) < 4.78 is 1.83. The van der Waals surface area contributed by atoms with Gasteiger partial charge in [0.1, 0.15) is 0 Å². The fourth-order valence-corrected chi connectivity index (χ4v) is 5.89. The van der Waals surface area contributed by atoms with Crippen molar-refractivity contribution < 1.29 is 9.59 Å². The van der Waals surface area contributed by atoms with Gasteiger partial charge in [-0.3, -0.25) is 14.2 Å². The standard InChI is InChI=1S/C30H37N3O2/c1-20-6-5-9-22(16-20)23-10-15-28-27(17-23)24(18-29(34)32-26-13-11-25(31)12-14-26)19-33(28)30(35)21-7-3-2-4-8-21/h5-6,9-10,15-17,19,21,25-26H,2-4,7-8,11-14,18,31H2,1H3,(H,32,34). The van der Waals surface area contributed by atoms with Gasteiger partial charge in [-0.15, -0.1) is 0 Å². The topological polar surface area (TPSA) is 77.1 Å². The highest BCUT2D eigenvalue weighted by Crippen LogP contribution is 2.32. The molecule has 0 aliphatic heterocycles. The molecule has 0 unspecified atom stereocenters. The second kappa shape index (κ2) is 10.4. The smallest absolute Gasteiger partial charge is 0.234 e. The number of aryl methyl sites for hydroxylation is 1. The number of rotatable bonds is 5. The normalized spacial score (nSPS) is 21.2. The summed E-state index contributed by atoms with van der Waals surface area (Å²) in [6.07, 6.45) is 11.4. The minimum atomic E-state index is 0.0237. The van der Waals surface area contributed by atoms with Gasteiger partial charge in [-0.05, 0) is 74.3 Å². The first-order chi connectivity index (χ1) is 17.0. The summed E-state index contributed by atoms with van der Waals surface area (Å²) in [5, 5.41) is 4.21. The molecule has 1 aromatic heterocycles. The summed E-state index contributed by atoms with van der Waals surface area (Å²) in [4.78, 5) is 26.6. The maximum absolute atomic E-state index is 13.5. The second-order valence-corrected chi connectivity index (χ2v) is 10.7. The predicted molar refractivity (Wildman–Crippen MR) is 141 cm³/mol. The van der Waals surface area contributed by atoms with Gasteiger partial charge in [-0.25, -0.2) is 0 Å². The van der Waals surface area contributed by atoms with E-state index >= 15 is 0 Å². The molecule has 1 heterocycles. The third-order valence-electron chi connectivity index (χ3n) is 7.92. The Morgan fingerprint density at radius 2 is 1.69 bits per heavy atom. The van der Waals surface area contributed by atoms with Crippen molar-refractivity contribution in [3.8, 4) is 11.1 Å². The van der Waals surface area contributed by atoms with Crippen molar-refractivity contribution in [2.45, 2.75) is 83.2 Å². The zero-order valence-corrected chi connectivity index (χ0v) is 20.8. The summed E-state index contributed by atoms with van der Waals surface area (Å²) in [5.41, 5.74) is 11.3. The number of carbonyl (C=O) groups excluding carboxylic acids is 2. The average molecular weight is 472 g/mol. The Balaban J connectivity index is 1.47. The van der Waals surface area contributed by atoms with Crippen LogP contribution in [0.2, 0.25) is 0 Å². The fourth-order valence-electron chi connectivity index (χ4n) is 5.89. The molecule has 1 amide bonds. The van der Waals surface area contributed by atoms with Crippen LogP contribution in [-0.4, -0.2) is 28.5 Å². The molecule has 2 aliphatic carbocycles. The molecule has 35 heavy (non-hydrogen) atoms. The van der Waals surface area contributed by atoms with Crippen LogP contribution >= 0.6 is 0 Å². The molecule has 5 heteroatoms. The zero-order valence-electron chi connectivity index (χ0n) is 20.8. The van der Waals surface area contributed by atoms with Crippen molar-refractivity contribution >= 4 is 22.7 Å². The highest BCUT2D eigenvalue weighted by atomic mass is 16.2. The van der Waals surface area contributed by atoms with Crippen molar-refractivity contribution in [1.82, 2.24) is 9.88 Å². The predicted octanol–water partition coefficient (Wildman–Crippen LogP) is 5.77. The van der Waals surface area contributed by atoms with Crippen molar-refractivity contribution in [3.63, 3.8) is 0 Å². The van der Waals surface area contributed by atoms with E-state index in [-0.39, 0.29) is 36.2 Å². The van der Waals surface area contributed by atoms with Gasteiger partial charge in [0.05, 0.1) is 11.9 Å². The molecule has 3 aromatic rings. The number of carbonyl (C=O) groups is 2. The Hall–Kier alpha value is -2.92. The van der Waals surface area contributed by atoms with E-state index in [1.165, 1.54) is 12.0 Å². The van der Waals surface area contributed by atoms with Crippen LogP contribution in [-0.2, 0) is 11.2 Å². The molecule has 0 spiro atoms. The lowest BCUT2D eigenvalue weighted by Gasteiger charge is -2.26. The molecular formula is C30H37N3O2. The van der Waals surface area contributed by atoms with Crippen LogP contribution in [0.3, 0.4) is 0 Å². The number of amides is 1. The number of fused-ring (bicyclic) bond motifs is 1. The van der Waals surface area contributed by atoms with E-state index < -0.39 is 0 Å². The number of aromatic nitrogens is 1. The van der Waals surface area contributed by atoms with E-state index in [0.29, 0.717) is 0 Å². The summed E-state index contributed by atoms with van der Waals surface area (Å²) >= 11 is 0. The first kappa shape index (κ1) is 23.8. The fraction of sp³-hybridized carbons (Fsp3) is 0.467. The number of nitrogens with one attached hydrogen (secondary N) is 1. The van der Waals surface area contributed by atoms with E-state index in [4.69, 9.17) is 5.73 Å². The Labute approximate surface area is 208 Å². The molecule has 184 valence electrons. The molecule has 0 saturated heterocycles. The Bertz CT molecular complexity index is 1210. The molecule has 2 fully saturated rings. The van der Waals surface area contributed by atoms with Gasteiger partial charge < -0.3 is 11.1 Å². The number of nitrogens with zero attached hydrogens (tertiary/aromatic N) is 1. The van der Waals surface area contributed by atoms with Crippen LogP contribution < -0.4 is 11.1 Å². The first-order valence-electron chi connectivity index (χ1n) is 13.3. The van der Waals surface area contributed by atoms with E-state index in [9.17, 15) is 9.59 Å². The van der Waals surface area contributed by atoms with Crippen LogP contribution in [0.1, 0.15) is 73.7 Å². The van der Waals surface area contributed by atoms with Crippen molar-refractivity contribution in [2.75, 3.05) is 0 Å². The molecule has 3 N–H and O–H groups in total. The maximum atomic E-state index is 13.5. The van der Waals surface area contributed by atoms with Crippen LogP contribution in [0, 0.1) is 12.8 Å². The second-order valence-electron chi connectivity index (χ2n) is 10.7. The summed E-state index contributed by atoms with van der Waals surface area (Å²) in [6.45, 7) is 2.09. The van der Waals surface area contributed by atoms with Gasteiger partial charge >= 0.3 is 0 Å². The molecule has 2 aromatic carbocycles. The largest absolute Gasteiger partial charge is 0.353 e. The molecule has 0 radical (unpaired) electrons. The van der Waals surface area contributed by atoms with Gasteiger partial charge in [-0.2, -0.15) is 0 Å². The molecule has 2 saturated carbocycles. The number of benzene rings is 2. The maximum Gasteiger partial charge on any atom is 0.234 e. The van der Waals surface area contributed by atoms with Crippen LogP contribution in [0.5, 0.6) is 0 Å².